The Hall–Kier alpha value is -1.16. The Balaban J connectivity index is 3.06. The van der Waals surface area contributed by atoms with Gasteiger partial charge in [-0.05, 0) is 12.1 Å². The minimum atomic E-state index is -0.645. The third-order valence-corrected chi connectivity index (χ3v) is 1.03. The lowest BCUT2D eigenvalue weighted by molar-refractivity contribution is 0.584. The molecular weight excluding hydrogens is 138 g/mol. The zero-order chi connectivity index (χ0) is 7.56. The van der Waals surface area contributed by atoms with Crippen LogP contribution < -0.4 is 11.3 Å². The molecule has 0 saturated heterocycles. The molecule has 1 aromatic rings. The van der Waals surface area contributed by atoms with Crippen LogP contribution in [0.25, 0.3) is 0 Å². The van der Waals surface area contributed by atoms with Crippen molar-refractivity contribution in [1.82, 2.24) is 0 Å². The largest absolute Gasteiger partial charge is 0.324 e. The molecule has 1 aromatic carbocycles. The van der Waals surface area contributed by atoms with Gasteiger partial charge in [0.2, 0.25) is 0 Å². The van der Waals surface area contributed by atoms with E-state index in [-0.39, 0.29) is 5.69 Å². The molecular formula is C6H6F2N2. The smallest absolute Gasteiger partial charge is 0.128 e. The Morgan fingerprint density at radius 2 is 1.60 bits per heavy atom. The molecule has 0 spiro atoms. The SMILES string of the molecule is NNc1cc(F)cc(F)c1. The number of hydrazine groups is 1. The van der Waals surface area contributed by atoms with Gasteiger partial charge in [-0.25, -0.2) is 8.78 Å². The van der Waals surface area contributed by atoms with Gasteiger partial charge < -0.3 is 5.43 Å². The Kier molecular flexibility index (Phi) is 1.82. The van der Waals surface area contributed by atoms with E-state index >= 15 is 0 Å². The van der Waals surface area contributed by atoms with Crippen LogP contribution in [0.2, 0.25) is 0 Å². The van der Waals surface area contributed by atoms with E-state index in [0.29, 0.717) is 0 Å². The highest BCUT2D eigenvalue weighted by atomic mass is 19.1. The third-order valence-electron chi connectivity index (χ3n) is 1.03. The van der Waals surface area contributed by atoms with Crippen LogP contribution in [0, 0.1) is 11.6 Å². The van der Waals surface area contributed by atoms with Crippen LogP contribution in [0.15, 0.2) is 18.2 Å². The zero-order valence-corrected chi connectivity index (χ0v) is 5.07. The Morgan fingerprint density at radius 3 is 2.00 bits per heavy atom. The van der Waals surface area contributed by atoms with Gasteiger partial charge in [-0.1, -0.05) is 0 Å². The second kappa shape index (κ2) is 2.62. The summed E-state index contributed by atoms with van der Waals surface area (Å²) >= 11 is 0. The minimum absolute atomic E-state index is 0.220. The fourth-order valence-corrected chi connectivity index (χ4v) is 0.637. The van der Waals surface area contributed by atoms with Gasteiger partial charge in [0.1, 0.15) is 11.6 Å². The van der Waals surface area contributed by atoms with Crippen molar-refractivity contribution in [2.45, 2.75) is 0 Å². The summed E-state index contributed by atoms with van der Waals surface area (Å²) in [6.45, 7) is 0. The van der Waals surface area contributed by atoms with Crippen LogP contribution in [0.4, 0.5) is 14.5 Å². The van der Waals surface area contributed by atoms with Gasteiger partial charge in [-0.3, -0.25) is 5.84 Å². The lowest BCUT2D eigenvalue weighted by Crippen LogP contribution is -2.06. The van der Waals surface area contributed by atoms with E-state index < -0.39 is 11.6 Å². The number of anilines is 1. The van der Waals surface area contributed by atoms with E-state index in [1.165, 1.54) is 0 Å². The van der Waals surface area contributed by atoms with Crippen LogP contribution in [0.3, 0.4) is 0 Å². The first-order valence-electron chi connectivity index (χ1n) is 2.65. The van der Waals surface area contributed by atoms with Crippen molar-refractivity contribution in [2.24, 2.45) is 5.84 Å². The number of nitrogens with one attached hydrogen (secondary N) is 1. The first-order valence-corrected chi connectivity index (χ1v) is 2.65. The highest BCUT2D eigenvalue weighted by molar-refractivity contribution is 5.41. The van der Waals surface area contributed by atoms with E-state index in [9.17, 15) is 8.78 Å². The van der Waals surface area contributed by atoms with Gasteiger partial charge in [0.05, 0.1) is 5.69 Å². The number of halogens is 2. The second-order valence-corrected chi connectivity index (χ2v) is 1.80. The van der Waals surface area contributed by atoms with E-state index in [2.05, 4.69) is 5.43 Å². The molecule has 0 unspecified atom stereocenters. The molecule has 1 rings (SSSR count). The Labute approximate surface area is 56.6 Å². The van der Waals surface area contributed by atoms with Gasteiger partial charge in [0.15, 0.2) is 0 Å². The second-order valence-electron chi connectivity index (χ2n) is 1.80. The fourth-order valence-electron chi connectivity index (χ4n) is 0.637. The number of nitrogen functional groups attached to an aromatic ring is 1. The highest BCUT2D eigenvalue weighted by Gasteiger charge is 1.96. The summed E-state index contributed by atoms with van der Waals surface area (Å²) in [4.78, 5) is 0. The average molecular weight is 144 g/mol. The monoisotopic (exact) mass is 144 g/mol. The molecule has 0 amide bonds. The molecule has 0 aliphatic heterocycles. The average Bonchev–Trinajstić information content (AvgIpc) is 1.85. The number of rotatable bonds is 1. The number of benzene rings is 1. The molecule has 0 bridgehead atoms. The molecule has 0 aliphatic carbocycles. The standard InChI is InChI=1S/C6H6F2N2/c7-4-1-5(8)3-6(2-4)10-9/h1-3,10H,9H2. The van der Waals surface area contributed by atoms with E-state index in [1.54, 1.807) is 0 Å². The molecule has 0 radical (unpaired) electrons. The Bertz CT molecular complexity index is 217. The topological polar surface area (TPSA) is 38.0 Å². The Morgan fingerprint density at radius 1 is 1.10 bits per heavy atom. The van der Waals surface area contributed by atoms with Crippen LogP contribution in [0.5, 0.6) is 0 Å². The molecule has 4 heteroatoms. The van der Waals surface area contributed by atoms with E-state index in [1.807, 2.05) is 0 Å². The van der Waals surface area contributed by atoms with Gasteiger partial charge in [-0.2, -0.15) is 0 Å². The fraction of sp³-hybridized carbons (Fsp3) is 0. The molecule has 0 saturated carbocycles. The molecule has 2 nitrogen and oxygen atoms in total. The maximum absolute atomic E-state index is 12.3. The van der Waals surface area contributed by atoms with Crippen molar-refractivity contribution in [2.75, 3.05) is 5.43 Å². The summed E-state index contributed by atoms with van der Waals surface area (Å²) in [6.07, 6.45) is 0. The van der Waals surface area contributed by atoms with Gasteiger partial charge in [0, 0.05) is 6.07 Å². The number of hydrogen-bond acceptors (Lipinski definition) is 2. The van der Waals surface area contributed by atoms with Gasteiger partial charge in [-0.15, -0.1) is 0 Å². The lowest BCUT2D eigenvalue weighted by atomic mass is 10.3. The molecule has 3 N–H and O–H groups in total. The predicted octanol–water partition coefficient (Wildman–Crippen LogP) is 1.25. The van der Waals surface area contributed by atoms with Crippen molar-refractivity contribution in [1.29, 1.82) is 0 Å². The first-order chi connectivity index (χ1) is 4.72. The van der Waals surface area contributed by atoms with Crippen LogP contribution in [0.1, 0.15) is 0 Å². The van der Waals surface area contributed by atoms with Crippen LogP contribution in [-0.4, -0.2) is 0 Å². The van der Waals surface area contributed by atoms with Crippen molar-refractivity contribution >= 4 is 5.69 Å². The molecule has 10 heavy (non-hydrogen) atoms. The molecule has 0 fully saturated rings. The van der Waals surface area contributed by atoms with Crippen LogP contribution >= 0.6 is 0 Å². The van der Waals surface area contributed by atoms with Crippen molar-refractivity contribution in [3.63, 3.8) is 0 Å². The molecule has 0 atom stereocenters. The van der Waals surface area contributed by atoms with E-state index in [4.69, 9.17) is 5.84 Å². The molecule has 0 aliphatic rings. The van der Waals surface area contributed by atoms with Crippen molar-refractivity contribution in [3.8, 4) is 0 Å². The lowest BCUT2D eigenvalue weighted by Gasteiger charge is -1.98. The minimum Gasteiger partial charge on any atom is -0.324 e. The molecule has 0 heterocycles. The van der Waals surface area contributed by atoms with Crippen molar-refractivity contribution < 1.29 is 8.78 Å². The summed E-state index contributed by atoms with van der Waals surface area (Å²) in [6, 6.07) is 2.98. The van der Waals surface area contributed by atoms with Gasteiger partial charge >= 0.3 is 0 Å². The van der Waals surface area contributed by atoms with E-state index in [0.717, 1.165) is 18.2 Å². The summed E-state index contributed by atoms with van der Waals surface area (Å²) in [5, 5.41) is 0. The summed E-state index contributed by atoms with van der Waals surface area (Å²) in [5.74, 6) is 3.61. The quantitative estimate of drug-likeness (QED) is 0.459. The third kappa shape index (κ3) is 1.41. The number of hydrogen-bond donors (Lipinski definition) is 2. The first kappa shape index (κ1) is 6.95. The van der Waals surface area contributed by atoms with Gasteiger partial charge in [0.25, 0.3) is 0 Å². The van der Waals surface area contributed by atoms with Crippen molar-refractivity contribution in [3.05, 3.63) is 29.8 Å². The molecule has 54 valence electrons. The summed E-state index contributed by atoms with van der Waals surface area (Å²) in [5.41, 5.74) is 2.35. The van der Waals surface area contributed by atoms with Crippen LogP contribution in [-0.2, 0) is 0 Å². The molecule has 0 aromatic heterocycles. The maximum atomic E-state index is 12.3. The summed E-state index contributed by atoms with van der Waals surface area (Å²) in [7, 11) is 0. The zero-order valence-electron chi connectivity index (χ0n) is 5.07. The maximum Gasteiger partial charge on any atom is 0.128 e. The number of nitrogens with two attached hydrogens (primary N) is 1. The normalized spacial score (nSPS) is 9.50. The highest BCUT2D eigenvalue weighted by Crippen LogP contribution is 2.10. The summed E-state index contributed by atoms with van der Waals surface area (Å²) < 4.78 is 24.6. The predicted molar refractivity (Wildman–Crippen MR) is 34.2 cm³/mol.